The lowest BCUT2D eigenvalue weighted by Crippen LogP contribution is -2.19. The van der Waals surface area contributed by atoms with Crippen molar-refractivity contribution in [2.75, 3.05) is 12.9 Å². The minimum Gasteiger partial charge on any atom is -0.493 e. The molecule has 1 aromatic heterocycles. The van der Waals surface area contributed by atoms with Crippen LogP contribution >= 0.6 is 35.0 Å². The van der Waals surface area contributed by atoms with Gasteiger partial charge in [-0.15, -0.1) is 0 Å². The monoisotopic (exact) mass is 515 g/mol. The van der Waals surface area contributed by atoms with E-state index in [0.717, 1.165) is 16.6 Å². The number of ether oxygens (including phenoxy) is 2. The first-order valence-corrected chi connectivity index (χ1v) is 11.8. The van der Waals surface area contributed by atoms with Crippen LogP contribution in [0.2, 0.25) is 10.0 Å². The van der Waals surface area contributed by atoms with Gasteiger partial charge in [0.15, 0.2) is 17.1 Å². The zero-order valence-corrected chi connectivity index (χ0v) is 20.3. The van der Waals surface area contributed by atoms with Gasteiger partial charge in [0.25, 0.3) is 11.1 Å². The summed E-state index contributed by atoms with van der Waals surface area (Å²) in [5.74, 6) is 0.929. The average molecular weight is 516 g/mol. The summed E-state index contributed by atoms with van der Waals surface area (Å²) in [5, 5.41) is 5.39. The first kappa shape index (κ1) is 23.9. The largest absolute Gasteiger partial charge is 0.493 e. The van der Waals surface area contributed by atoms with Crippen LogP contribution in [-0.4, -0.2) is 30.0 Å². The second-order valence-electron chi connectivity index (χ2n) is 6.98. The first-order chi connectivity index (χ1) is 16.5. The smallest absolute Gasteiger partial charge is 0.257 e. The average Bonchev–Trinajstić information content (AvgIpc) is 3.27. The number of carbonyl (C=O) groups is 1. The second-order valence-corrected chi connectivity index (χ2v) is 8.72. The number of halogens is 2. The zero-order chi connectivity index (χ0) is 23.9. The molecule has 0 aliphatic rings. The van der Waals surface area contributed by atoms with Crippen LogP contribution < -0.4 is 14.9 Å². The maximum atomic E-state index is 12.1. The molecule has 1 amide bonds. The van der Waals surface area contributed by atoms with Gasteiger partial charge in [0, 0.05) is 0 Å². The lowest BCUT2D eigenvalue weighted by molar-refractivity contribution is -0.118. The quantitative estimate of drug-likeness (QED) is 0.168. The fourth-order valence-corrected chi connectivity index (χ4v) is 3.88. The molecule has 3 aromatic carbocycles. The van der Waals surface area contributed by atoms with Crippen LogP contribution in [-0.2, 0) is 11.4 Å². The Morgan fingerprint density at radius 2 is 1.97 bits per heavy atom. The van der Waals surface area contributed by atoms with Crippen molar-refractivity contribution in [3.8, 4) is 11.5 Å². The van der Waals surface area contributed by atoms with Crippen molar-refractivity contribution >= 4 is 58.2 Å². The van der Waals surface area contributed by atoms with Crippen LogP contribution in [0.1, 0.15) is 11.1 Å². The number of hydrogen-bond donors (Lipinski definition) is 1. The molecule has 0 aliphatic heterocycles. The molecule has 174 valence electrons. The van der Waals surface area contributed by atoms with Crippen molar-refractivity contribution in [3.63, 3.8) is 0 Å². The lowest BCUT2D eigenvalue weighted by Gasteiger charge is -2.11. The van der Waals surface area contributed by atoms with Gasteiger partial charge in [-0.05, 0) is 53.6 Å². The van der Waals surface area contributed by atoms with E-state index in [9.17, 15) is 4.79 Å². The van der Waals surface area contributed by atoms with Crippen molar-refractivity contribution in [1.29, 1.82) is 0 Å². The van der Waals surface area contributed by atoms with Crippen LogP contribution in [0.15, 0.2) is 75.4 Å². The van der Waals surface area contributed by atoms with Crippen molar-refractivity contribution in [3.05, 3.63) is 81.8 Å². The number of fused-ring (bicyclic) bond motifs is 1. The molecule has 34 heavy (non-hydrogen) atoms. The molecule has 0 saturated carbocycles. The zero-order valence-electron chi connectivity index (χ0n) is 18.0. The summed E-state index contributed by atoms with van der Waals surface area (Å²) in [7, 11) is 1.55. The van der Waals surface area contributed by atoms with Crippen LogP contribution in [0.5, 0.6) is 11.5 Å². The Balaban J connectivity index is 1.29. The highest BCUT2D eigenvalue weighted by Crippen LogP contribution is 2.29. The molecule has 1 heterocycles. The van der Waals surface area contributed by atoms with Crippen molar-refractivity contribution in [1.82, 2.24) is 10.4 Å². The number of thioether (sulfide) groups is 1. The molecule has 0 unspecified atom stereocenters. The number of oxazole rings is 1. The highest BCUT2D eigenvalue weighted by molar-refractivity contribution is 7.99. The highest BCUT2D eigenvalue weighted by Gasteiger charge is 2.09. The van der Waals surface area contributed by atoms with E-state index in [4.69, 9.17) is 37.1 Å². The van der Waals surface area contributed by atoms with Crippen LogP contribution in [0, 0.1) is 0 Å². The highest BCUT2D eigenvalue weighted by atomic mass is 35.5. The van der Waals surface area contributed by atoms with E-state index in [1.165, 1.54) is 18.0 Å². The molecule has 10 heteroatoms. The molecule has 7 nitrogen and oxygen atoms in total. The predicted molar refractivity (Wildman–Crippen MR) is 134 cm³/mol. The third-order valence-corrected chi connectivity index (χ3v) is 6.14. The molecular formula is C24H19Cl2N3O4S. The number of hydrogen-bond acceptors (Lipinski definition) is 7. The Morgan fingerprint density at radius 1 is 1.12 bits per heavy atom. The van der Waals surface area contributed by atoms with E-state index in [1.54, 1.807) is 37.4 Å². The molecule has 4 aromatic rings. The maximum absolute atomic E-state index is 12.1. The number of methoxy groups -OCH3 is 1. The van der Waals surface area contributed by atoms with Crippen molar-refractivity contribution in [2.24, 2.45) is 5.10 Å². The topological polar surface area (TPSA) is 86.0 Å². The van der Waals surface area contributed by atoms with Gasteiger partial charge in [0.1, 0.15) is 12.1 Å². The van der Waals surface area contributed by atoms with E-state index >= 15 is 0 Å². The Hall–Kier alpha value is -3.20. The first-order valence-electron chi connectivity index (χ1n) is 10.1. The van der Waals surface area contributed by atoms with E-state index < -0.39 is 0 Å². The summed E-state index contributed by atoms with van der Waals surface area (Å²) in [6.07, 6.45) is 1.52. The molecule has 4 rings (SSSR count). The molecule has 0 aliphatic carbocycles. The normalized spacial score (nSPS) is 11.1. The Morgan fingerprint density at radius 3 is 2.76 bits per heavy atom. The molecule has 0 bridgehead atoms. The van der Waals surface area contributed by atoms with Gasteiger partial charge in [0.05, 0.1) is 29.1 Å². The molecule has 0 radical (unpaired) electrons. The summed E-state index contributed by atoms with van der Waals surface area (Å²) < 4.78 is 16.8. The third kappa shape index (κ3) is 6.22. The van der Waals surface area contributed by atoms with Gasteiger partial charge >= 0.3 is 0 Å². The Kier molecular flexibility index (Phi) is 7.95. The van der Waals surface area contributed by atoms with Gasteiger partial charge in [-0.2, -0.15) is 5.10 Å². The van der Waals surface area contributed by atoms with Gasteiger partial charge in [-0.1, -0.05) is 53.2 Å². The number of benzene rings is 3. The maximum Gasteiger partial charge on any atom is 0.257 e. The fourth-order valence-electron chi connectivity index (χ4n) is 2.93. The summed E-state index contributed by atoms with van der Waals surface area (Å²) in [5.41, 5.74) is 5.53. The minimum atomic E-state index is -0.281. The molecule has 1 N–H and O–H groups in total. The van der Waals surface area contributed by atoms with E-state index in [-0.39, 0.29) is 11.7 Å². The fraction of sp³-hybridized carbons (Fsp3) is 0.125. The van der Waals surface area contributed by atoms with E-state index in [2.05, 4.69) is 15.5 Å². The summed E-state index contributed by atoms with van der Waals surface area (Å²) in [6.45, 7) is 0.300. The van der Waals surface area contributed by atoms with E-state index in [0.29, 0.717) is 39.0 Å². The third-order valence-electron chi connectivity index (χ3n) is 4.57. The number of hydrazone groups is 1. The summed E-state index contributed by atoms with van der Waals surface area (Å²) >= 11 is 13.2. The number of rotatable bonds is 9. The van der Waals surface area contributed by atoms with Gasteiger partial charge < -0.3 is 13.9 Å². The molecule has 0 atom stereocenters. The van der Waals surface area contributed by atoms with Crippen LogP contribution in [0.25, 0.3) is 11.1 Å². The van der Waals surface area contributed by atoms with Crippen molar-refractivity contribution in [2.45, 2.75) is 11.8 Å². The SMILES string of the molecule is COc1cc(/C=N/NC(=O)CSc2nc3ccccc3o2)ccc1OCc1ccc(Cl)c(Cl)c1. The van der Waals surface area contributed by atoms with Gasteiger partial charge in [-0.3, -0.25) is 4.79 Å². The minimum absolute atomic E-state index is 0.120. The Labute approximate surface area is 210 Å². The predicted octanol–water partition coefficient (Wildman–Crippen LogP) is 5.96. The summed E-state index contributed by atoms with van der Waals surface area (Å²) in [6, 6.07) is 18.1. The number of aromatic nitrogens is 1. The Bertz CT molecular complexity index is 1310. The molecule has 0 fully saturated rings. The number of amides is 1. The second kappa shape index (κ2) is 11.3. The van der Waals surface area contributed by atoms with Gasteiger partial charge in [0.2, 0.25) is 0 Å². The van der Waals surface area contributed by atoms with Gasteiger partial charge in [-0.25, -0.2) is 10.4 Å². The molecular weight excluding hydrogens is 497 g/mol. The van der Waals surface area contributed by atoms with E-state index in [1.807, 2.05) is 30.3 Å². The lowest BCUT2D eigenvalue weighted by atomic mass is 10.2. The van der Waals surface area contributed by atoms with Crippen LogP contribution in [0.4, 0.5) is 0 Å². The molecule has 0 saturated heterocycles. The number of para-hydroxylation sites is 2. The summed E-state index contributed by atoms with van der Waals surface area (Å²) in [4.78, 5) is 16.4. The number of nitrogens with zero attached hydrogens (tertiary/aromatic N) is 2. The van der Waals surface area contributed by atoms with Crippen molar-refractivity contribution < 1.29 is 18.7 Å². The number of nitrogens with one attached hydrogen (secondary N) is 1. The van der Waals surface area contributed by atoms with Crippen LogP contribution in [0.3, 0.4) is 0 Å². The molecule has 0 spiro atoms. The standard InChI is InChI=1S/C24H19Cl2N3O4S/c1-31-22-11-15(7-9-21(22)32-13-16-6-8-17(25)18(26)10-16)12-27-29-23(30)14-34-24-28-19-4-2-3-5-20(19)33-24/h2-12H,13-14H2,1H3,(H,29,30)/b27-12+. The number of carbonyl (C=O) groups excluding carboxylic acids is 1.